The fourth-order valence-electron chi connectivity index (χ4n) is 3.38. The minimum absolute atomic E-state index is 0.102. The third-order valence-electron chi connectivity index (χ3n) is 4.61. The first-order valence-corrected chi connectivity index (χ1v) is 8.61. The van der Waals surface area contributed by atoms with E-state index < -0.39 is 0 Å². The molecule has 0 radical (unpaired) electrons. The molecule has 1 amide bonds. The molecule has 1 aliphatic heterocycles. The smallest absolute Gasteiger partial charge is 0.227 e. The number of nitrogens with zero attached hydrogens (tertiary/aromatic N) is 1. The van der Waals surface area contributed by atoms with Gasteiger partial charge in [-0.25, -0.2) is 0 Å². The second kappa shape index (κ2) is 6.99. The number of aromatic amines is 1. The van der Waals surface area contributed by atoms with Crippen molar-refractivity contribution in [3.05, 3.63) is 35.5 Å². The predicted molar refractivity (Wildman–Crippen MR) is 91.7 cm³/mol. The van der Waals surface area contributed by atoms with Crippen LogP contribution in [0.15, 0.2) is 24.3 Å². The summed E-state index contributed by atoms with van der Waals surface area (Å²) in [5, 5.41) is 0.998. The quantitative estimate of drug-likeness (QED) is 0.856. The fraction of sp³-hybridized carbons (Fsp3) is 0.474. The third kappa shape index (κ3) is 3.31. The average molecular weight is 312 g/mol. The van der Waals surface area contributed by atoms with Gasteiger partial charge in [-0.1, -0.05) is 25.1 Å². The maximum Gasteiger partial charge on any atom is 0.227 e. The SMILES string of the molecule is CCCC(=O)c1[nH]c2ccccc2c1CC(=O)N1CCCCC1. The first-order chi connectivity index (χ1) is 11.2. The number of nitrogens with one attached hydrogen (secondary N) is 1. The molecule has 2 aromatic rings. The number of para-hydroxylation sites is 1. The molecule has 2 heterocycles. The van der Waals surface area contributed by atoms with Crippen LogP contribution < -0.4 is 0 Å². The van der Waals surface area contributed by atoms with Gasteiger partial charge < -0.3 is 9.88 Å². The van der Waals surface area contributed by atoms with Crippen molar-refractivity contribution in [3.8, 4) is 0 Å². The topological polar surface area (TPSA) is 53.2 Å². The Morgan fingerprint density at radius 2 is 1.87 bits per heavy atom. The zero-order chi connectivity index (χ0) is 16.2. The van der Waals surface area contributed by atoms with Crippen LogP contribution >= 0.6 is 0 Å². The van der Waals surface area contributed by atoms with Gasteiger partial charge in [-0.05, 0) is 37.3 Å². The number of hydrogen-bond donors (Lipinski definition) is 1. The standard InChI is InChI=1S/C19H24N2O2/c1-2-8-17(22)19-15(14-9-4-5-10-16(14)20-19)13-18(23)21-11-6-3-7-12-21/h4-5,9-10,20H,2-3,6-8,11-13H2,1H3. The largest absolute Gasteiger partial charge is 0.352 e. The molecule has 1 saturated heterocycles. The molecule has 4 nitrogen and oxygen atoms in total. The predicted octanol–water partition coefficient (Wildman–Crippen LogP) is 3.71. The van der Waals surface area contributed by atoms with Crippen LogP contribution in [-0.2, 0) is 11.2 Å². The number of aromatic nitrogens is 1. The van der Waals surface area contributed by atoms with Crippen LogP contribution in [0.2, 0.25) is 0 Å². The van der Waals surface area contributed by atoms with E-state index in [1.54, 1.807) is 0 Å². The van der Waals surface area contributed by atoms with E-state index in [4.69, 9.17) is 0 Å². The first-order valence-electron chi connectivity index (χ1n) is 8.61. The molecule has 4 heteroatoms. The zero-order valence-electron chi connectivity index (χ0n) is 13.7. The molecule has 122 valence electrons. The summed E-state index contributed by atoms with van der Waals surface area (Å²) in [7, 11) is 0. The average Bonchev–Trinajstić information content (AvgIpc) is 2.95. The minimum atomic E-state index is 0.102. The lowest BCUT2D eigenvalue weighted by atomic mass is 10.0. The summed E-state index contributed by atoms with van der Waals surface area (Å²) in [5.74, 6) is 0.241. The molecule has 23 heavy (non-hydrogen) atoms. The van der Waals surface area contributed by atoms with E-state index in [-0.39, 0.29) is 11.7 Å². The van der Waals surface area contributed by atoms with Gasteiger partial charge in [0, 0.05) is 30.4 Å². The van der Waals surface area contributed by atoms with Crippen molar-refractivity contribution in [1.29, 1.82) is 0 Å². The number of carbonyl (C=O) groups is 2. The van der Waals surface area contributed by atoms with Gasteiger partial charge in [-0.15, -0.1) is 0 Å². The Bertz CT molecular complexity index is 711. The number of Topliss-reactive ketones (excluding diaryl/α,β-unsaturated/α-hetero) is 1. The van der Waals surface area contributed by atoms with Crippen LogP contribution in [0.1, 0.15) is 55.1 Å². The highest BCUT2D eigenvalue weighted by molar-refractivity contribution is 6.04. The second-order valence-corrected chi connectivity index (χ2v) is 6.32. The van der Waals surface area contributed by atoms with Gasteiger partial charge in [0.15, 0.2) is 5.78 Å². The number of likely N-dealkylation sites (tertiary alicyclic amines) is 1. The molecule has 1 aromatic carbocycles. The van der Waals surface area contributed by atoms with Gasteiger partial charge in [-0.3, -0.25) is 9.59 Å². The highest BCUT2D eigenvalue weighted by Gasteiger charge is 2.22. The zero-order valence-corrected chi connectivity index (χ0v) is 13.7. The van der Waals surface area contributed by atoms with Crippen molar-refractivity contribution in [2.45, 2.75) is 45.4 Å². The van der Waals surface area contributed by atoms with Gasteiger partial charge in [0.05, 0.1) is 12.1 Å². The molecule has 1 N–H and O–H groups in total. The minimum Gasteiger partial charge on any atom is -0.352 e. The number of ketones is 1. The highest BCUT2D eigenvalue weighted by Crippen LogP contribution is 2.25. The van der Waals surface area contributed by atoms with Gasteiger partial charge in [-0.2, -0.15) is 0 Å². The molecule has 1 aliphatic rings. The Hall–Kier alpha value is -2.10. The number of carbonyl (C=O) groups excluding carboxylic acids is 2. The van der Waals surface area contributed by atoms with Crippen molar-refractivity contribution in [2.75, 3.05) is 13.1 Å². The van der Waals surface area contributed by atoms with E-state index in [9.17, 15) is 9.59 Å². The summed E-state index contributed by atoms with van der Waals surface area (Å²) < 4.78 is 0. The molecular weight excluding hydrogens is 288 g/mol. The summed E-state index contributed by atoms with van der Waals surface area (Å²) in [6.45, 7) is 3.69. The van der Waals surface area contributed by atoms with Crippen molar-refractivity contribution in [1.82, 2.24) is 9.88 Å². The van der Waals surface area contributed by atoms with E-state index in [1.807, 2.05) is 36.1 Å². The van der Waals surface area contributed by atoms with E-state index in [0.717, 1.165) is 48.8 Å². The Morgan fingerprint density at radius 1 is 1.13 bits per heavy atom. The lowest BCUT2D eigenvalue weighted by Crippen LogP contribution is -2.36. The van der Waals surface area contributed by atoms with E-state index in [1.165, 1.54) is 6.42 Å². The van der Waals surface area contributed by atoms with Gasteiger partial charge in [0.2, 0.25) is 5.91 Å². The van der Waals surface area contributed by atoms with E-state index >= 15 is 0 Å². The third-order valence-corrected chi connectivity index (χ3v) is 4.61. The molecule has 0 bridgehead atoms. The maximum atomic E-state index is 12.6. The lowest BCUT2D eigenvalue weighted by Gasteiger charge is -2.26. The maximum absolute atomic E-state index is 12.6. The number of amides is 1. The van der Waals surface area contributed by atoms with E-state index in [2.05, 4.69) is 4.98 Å². The van der Waals surface area contributed by atoms with Crippen molar-refractivity contribution in [3.63, 3.8) is 0 Å². The molecule has 0 spiro atoms. The summed E-state index contributed by atoms with van der Waals surface area (Å²) >= 11 is 0. The molecule has 3 rings (SSSR count). The number of benzene rings is 1. The van der Waals surface area contributed by atoms with Gasteiger partial charge >= 0.3 is 0 Å². The van der Waals surface area contributed by atoms with Crippen LogP contribution in [0.4, 0.5) is 0 Å². The fourth-order valence-corrected chi connectivity index (χ4v) is 3.38. The highest BCUT2D eigenvalue weighted by atomic mass is 16.2. The Kier molecular flexibility index (Phi) is 4.79. The molecule has 0 aliphatic carbocycles. The molecular formula is C19H24N2O2. The van der Waals surface area contributed by atoms with Crippen molar-refractivity contribution < 1.29 is 9.59 Å². The van der Waals surface area contributed by atoms with Gasteiger partial charge in [0.1, 0.15) is 0 Å². The lowest BCUT2D eigenvalue weighted by molar-refractivity contribution is -0.131. The number of fused-ring (bicyclic) bond motifs is 1. The molecule has 0 atom stereocenters. The number of piperidine rings is 1. The summed E-state index contributed by atoms with van der Waals surface area (Å²) in [4.78, 5) is 30.3. The van der Waals surface area contributed by atoms with Crippen LogP contribution in [-0.4, -0.2) is 34.7 Å². The molecule has 0 unspecified atom stereocenters. The summed E-state index contributed by atoms with van der Waals surface area (Å²) in [6.07, 6.45) is 5.01. The molecule has 0 saturated carbocycles. The Labute approximate surface area is 136 Å². The summed E-state index contributed by atoms with van der Waals surface area (Å²) in [5.41, 5.74) is 2.43. The van der Waals surface area contributed by atoms with Crippen molar-refractivity contribution in [2.24, 2.45) is 0 Å². The van der Waals surface area contributed by atoms with Gasteiger partial charge in [0.25, 0.3) is 0 Å². The molecule has 1 aromatic heterocycles. The normalized spacial score (nSPS) is 15.1. The van der Waals surface area contributed by atoms with Crippen LogP contribution in [0.5, 0.6) is 0 Å². The monoisotopic (exact) mass is 312 g/mol. The number of rotatable bonds is 5. The Morgan fingerprint density at radius 3 is 2.61 bits per heavy atom. The molecule has 1 fully saturated rings. The van der Waals surface area contributed by atoms with Crippen LogP contribution in [0.25, 0.3) is 10.9 Å². The second-order valence-electron chi connectivity index (χ2n) is 6.32. The van der Waals surface area contributed by atoms with Crippen LogP contribution in [0, 0.1) is 0 Å². The Balaban J connectivity index is 1.92. The van der Waals surface area contributed by atoms with Crippen LogP contribution in [0.3, 0.4) is 0 Å². The number of H-pyrrole nitrogens is 1. The van der Waals surface area contributed by atoms with Crippen molar-refractivity contribution >= 4 is 22.6 Å². The first kappa shape index (κ1) is 15.8. The van der Waals surface area contributed by atoms with E-state index in [0.29, 0.717) is 18.5 Å². The number of hydrogen-bond acceptors (Lipinski definition) is 2. The summed E-state index contributed by atoms with van der Waals surface area (Å²) in [6, 6.07) is 7.86.